The van der Waals surface area contributed by atoms with Crippen LogP contribution in [0.4, 0.5) is 0 Å². The minimum Gasteiger partial charge on any atom is -0.390 e. The number of aliphatic hydroxyl groups is 1. The summed E-state index contributed by atoms with van der Waals surface area (Å²) in [5, 5.41) is 13.2. The lowest BCUT2D eigenvalue weighted by molar-refractivity contribution is -0.120. The van der Waals surface area contributed by atoms with Crippen LogP contribution in [0.1, 0.15) is 65.5 Å². The zero-order chi connectivity index (χ0) is 24.2. The van der Waals surface area contributed by atoms with Crippen LogP contribution in [0.15, 0.2) is 60.7 Å². The summed E-state index contributed by atoms with van der Waals surface area (Å²) < 4.78 is 0. The lowest BCUT2D eigenvalue weighted by atomic mass is 9.85. The van der Waals surface area contributed by atoms with Crippen LogP contribution in [-0.4, -0.2) is 28.0 Å². The molecule has 0 saturated heterocycles. The van der Waals surface area contributed by atoms with E-state index in [1.165, 1.54) is 11.1 Å². The molecule has 1 amide bonds. The molecule has 0 heterocycles. The number of alkyl halides is 1. The molecule has 0 aliphatic carbocycles. The molecule has 0 saturated carbocycles. The van der Waals surface area contributed by atoms with E-state index < -0.39 is 5.60 Å². The summed E-state index contributed by atoms with van der Waals surface area (Å²) in [7, 11) is 0. The van der Waals surface area contributed by atoms with E-state index in [0.29, 0.717) is 11.8 Å². The minimum atomic E-state index is -0.574. The highest BCUT2D eigenvalue weighted by Gasteiger charge is 2.27. The summed E-state index contributed by atoms with van der Waals surface area (Å²) in [5.74, 6) is 0.974. The molecule has 2 rings (SSSR count). The van der Waals surface area contributed by atoms with Crippen LogP contribution in [0.5, 0.6) is 0 Å². The molecule has 2 atom stereocenters. The number of rotatable bonds is 10. The van der Waals surface area contributed by atoms with Gasteiger partial charge in [0.25, 0.3) is 0 Å². The van der Waals surface area contributed by atoms with Crippen molar-refractivity contribution in [3.05, 3.63) is 71.8 Å². The van der Waals surface area contributed by atoms with Crippen molar-refractivity contribution in [1.82, 2.24) is 5.32 Å². The Morgan fingerprint density at radius 2 is 1.28 bits per heavy atom. The fraction of sp³-hybridized carbons (Fsp3) is 0.536. The zero-order valence-electron chi connectivity index (χ0n) is 20.7. The lowest BCUT2D eigenvalue weighted by Gasteiger charge is -2.32. The standard InChI is InChI=1S/C15H22ClNO.C13H20O/c1-12(2)9-15(3,17-14(18)11-16)10-13-7-5-4-6-8-13;1-11(2)9-13(3,14)10-12-7-5-4-6-8-12/h4-8,12H,9-11H2,1-3H3,(H,17,18);4-8,11,14H,9-10H2,1-3H3. The first-order valence-corrected chi connectivity index (χ1v) is 12.2. The number of carbonyl (C=O) groups excluding carboxylic acids is 1. The smallest absolute Gasteiger partial charge is 0.235 e. The van der Waals surface area contributed by atoms with Gasteiger partial charge in [0.2, 0.25) is 5.91 Å². The predicted octanol–water partition coefficient (Wildman–Crippen LogP) is 6.42. The van der Waals surface area contributed by atoms with Crippen LogP contribution in [0, 0.1) is 11.8 Å². The molecule has 0 aliphatic heterocycles. The van der Waals surface area contributed by atoms with Crippen LogP contribution in [0.2, 0.25) is 0 Å². The van der Waals surface area contributed by atoms with Crippen molar-refractivity contribution in [3.63, 3.8) is 0 Å². The van der Waals surface area contributed by atoms with Gasteiger partial charge in [0.1, 0.15) is 5.88 Å². The molecule has 2 aromatic rings. The molecule has 178 valence electrons. The second-order valence-corrected chi connectivity index (χ2v) is 10.5. The van der Waals surface area contributed by atoms with E-state index in [0.717, 1.165) is 25.7 Å². The third-order valence-corrected chi connectivity index (χ3v) is 5.38. The van der Waals surface area contributed by atoms with Crippen molar-refractivity contribution in [2.45, 2.75) is 78.4 Å². The molecule has 0 radical (unpaired) electrons. The Balaban J connectivity index is 0.000000330. The van der Waals surface area contributed by atoms with Crippen LogP contribution >= 0.6 is 11.6 Å². The average Bonchev–Trinajstić information content (AvgIpc) is 2.67. The highest BCUT2D eigenvalue weighted by Crippen LogP contribution is 2.22. The Morgan fingerprint density at radius 1 is 0.844 bits per heavy atom. The molecule has 0 spiro atoms. The van der Waals surface area contributed by atoms with E-state index in [4.69, 9.17) is 11.6 Å². The van der Waals surface area contributed by atoms with Gasteiger partial charge in [-0.1, -0.05) is 88.4 Å². The molecule has 2 aromatic carbocycles. The highest BCUT2D eigenvalue weighted by molar-refractivity contribution is 6.27. The Labute approximate surface area is 200 Å². The van der Waals surface area contributed by atoms with Crippen LogP contribution in [-0.2, 0) is 17.6 Å². The molecule has 2 N–H and O–H groups in total. The quantitative estimate of drug-likeness (QED) is 0.403. The van der Waals surface area contributed by atoms with Gasteiger partial charge in [-0.2, -0.15) is 0 Å². The van der Waals surface area contributed by atoms with Crippen molar-refractivity contribution in [3.8, 4) is 0 Å². The average molecular weight is 460 g/mol. The number of amides is 1. The first kappa shape index (κ1) is 28.2. The predicted molar refractivity (Wildman–Crippen MR) is 137 cm³/mol. The number of halogens is 1. The van der Waals surface area contributed by atoms with E-state index in [-0.39, 0.29) is 17.3 Å². The maximum Gasteiger partial charge on any atom is 0.235 e. The van der Waals surface area contributed by atoms with Gasteiger partial charge in [-0.3, -0.25) is 4.79 Å². The van der Waals surface area contributed by atoms with Crippen LogP contribution < -0.4 is 5.32 Å². The van der Waals surface area contributed by atoms with Gasteiger partial charge in [0.15, 0.2) is 0 Å². The molecular formula is C28H42ClNO2. The van der Waals surface area contributed by atoms with E-state index in [2.05, 4.69) is 64.2 Å². The summed E-state index contributed by atoms with van der Waals surface area (Å²) in [6.07, 6.45) is 3.35. The number of hydrogen-bond donors (Lipinski definition) is 2. The normalized spacial score (nSPS) is 14.8. The fourth-order valence-corrected chi connectivity index (χ4v) is 4.54. The number of hydrogen-bond acceptors (Lipinski definition) is 2. The zero-order valence-corrected chi connectivity index (χ0v) is 21.5. The summed E-state index contributed by atoms with van der Waals surface area (Å²) in [5.41, 5.74) is 1.63. The summed E-state index contributed by atoms with van der Waals surface area (Å²) in [4.78, 5) is 11.6. The van der Waals surface area contributed by atoms with Gasteiger partial charge >= 0.3 is 0 Å². The maximum atomic E-state index is 11.6. The SMILES string of the molecule is CC(C)CC(C)(Cc1ccccc1)NC(=O)CCl.CC(C)CC(C)(O)Cc1ccccc1. The monoisotopic (exact) mass is 459 g/mol. The van der Waals surface area contributed by atoms with Crippen molar-refractivity contribution in [1.29, 1.82) is 0 Å². The largest absolute Gasteiger partial charge is 0.390 e. The summed E-state index contributed by atoms with van der Waals surface area (Å²) in [6.45, 7) is 12.6. The molecular weight excluding hydrogens is 418 g/mol. The van der Waals surface area contributed by atoms with E-state index in [9.17, 15) is 9.90 Å². The summed E-state index contributed by atoms with van der Waals surface area (Å²) in [6, 6.07) is 20.4. The molecule has 0 fully saturated rings. The van der Waals surface area contributed by atoms with E-state index >= 15 is 0 Å². The number of carbonyl (C=O) groups is 1. The second kappa shape index (κ2) is 13.6. The minimum absolute atomic E-state index is 0.0163. The maximum absolute atomic E-state index is 11.6. The summed E-state index contributed by atoms with van der Waals surface area (Å²) >= 11 is 5.59. The van der Waals surface area contributed by atoms with Gasteiger partial charge < -0.3 is 10.4 Å². The van der Waals surface area contributed by atoms with Gasteiger partial charge in [-0.25, -0.2) is 0 Å². The number of nitrogens with one attached hydrogen (secondary N) is 1. The van der Waals surface area contributed by atoms with E-state index in [1.54, 1.807) is 0 Å². The van der Waals surface area contributed by atoms with Crippen molar-refractivity contribution < 1.29 is 9.90 Å². The third-order valence-electron chi connectivity index (χ3n) is 5.13. The Morgan fingerprint density at radius 3 is 1.69 bits per heavy atom. The Kier molecular flexibility index (Phi) is 12.0. The van der Waals surface area contributed by atoms with Crippen molar-refractivity contribution in [2.24, 2.45) is 11.8 Å². The van der Waals surface area contributed by atoms with E-state index in [1.807, 2.05) is 43.3 Å². The van der Waals surface area contributed by atoms with Gasteiger partial charge in [0, 0.05) is 12.0 Å². The van der Waals surface area contributed by atoms with Crippen molar-refractivity contribution in [2.75, 3.05) is 5.88 Å². The van der Waals surface area contributed by atoms with Crippen molar-refractivity contribution >= 4 is 17.5 Å². The molecule has 0 aromatic heterocycles. The molecule has 0 bridgehead atoms. The van der Waals surface area contributed by atoms with Crippen LogP contribution in [0.3, 0.4) is 0 Å². The topological polar surface area (TPSA) is 49.3 Å². The lowest BCUT2D eigenvalue weighted by Crippen LogP contribution is -2.49. The molecule has 2 unspecified atom stereocenters. The Hall–Kier alpha value is -1.84. The third kappa shape index (κ3) is 12.3. The molecule has 3 nitrogen and oxygen atoms in total. The van der Waals surface area contributed by atoms with Crippen LogP contribution in [0.25, 0.3) is 0 Å². The molecule has 32 heavy (non-hydrogen) atoms. The van der Waals surface area contributed by atoms with Gasteiger partial charge in [-0.15, -0.1) is 11.6 Å². The van der Waals surface area contributed by atoms with Gasteiger partial charge in [0.05, 0.1) is 5.60 Å². The van der Waals surface area contributed by atoms with Gasteiger partial charge in [-0.05, 0) is 56.1 Å². The second-order valence-electron chi connectivity index (χ2n) is 10.3. The Bertz CT molecular complexity index is 775. The molecule has 4 heteroatoms. The number of benzene rings is 2. The first-order valence-electron chi connectivity index (χ1n) is 11.6. The first-order chi connectivity index (χ1) is 14.9. The highest BCUT2D eigenvalue weighted by atomic mass is 35.5. The molecule has 0 aliphatic rings. The fourth-order valence-electron chi connectivity index (χ4n) is 4.47.